The van der Waals surface area contributed by atoms with Gasteiger partial charge in [-0.05, 0) is 35.4 Å². The summed E-state index contributed by atoms with van der Waals surface area (Å²) < 4.78 is 0. The minimum atomic E-state index is 0.393. The molecule has 0 spiro atoms. The first kappa shape index (κ1) is 26.0. The Bertz CT molecular complexity index is 2450. The van der Waals surface area contributed by atoms with Crippen LogP contribution in [0.25, 0.3) is 81.0 Å². The van der Waals surface area contributed by atoms with Crippen molar-refractivity contribution >= 4 is 49.8 Å². The topological polar surface area (TPSA) is 75.5 Å². The fraction of sp³-hybridized carbons (Fsp3) is 0. The zero-order valence-corrected chi connectivity index (χ0v) is 22.9. The molecule has 2 heterocycles. The van der Waals surface area contributed by atoms with E-state index in [0.29, 0.717) is 56.1 Å². The number of pyridine rings is 1. The van der Waals surface area contributed by atoms with Gasteiger partial charge in [-0.25, -0.2) is 29.5 Å². The van der Waals surface area contributed by atoms with Crippen molar-refractivity contribution in [3.05, 3.63) is 143 Å². The Morgan fingerprint density at radius 1 is 0.545 bits per heavy atom. The molecule has 0 fully saturated rings. The predicted octanol–water partition coefficient (Wildman–Crippen LogP) is 9.86. The second kappa shape index (κ2) is 10.5. The van der Waals surface area contributed by atoms with Gasteiger partial charge in [-0.15, -0.1) is 0 Å². The highest BCUT2D eigenvalue weighted by molar-refractivity contribution is 6.25. The lowest BCUT2D eigenvalue weighted by molar-refractivity contribution is 1.30. The molecule has 0 amide bonds. The average Bonchev–Trinajstić information content (AvgIpc) is 3.10. The summed E-state index contributed by atoms with van der Waals surface area (Å²) in [6.07, 6.45) is 0. The van der Waals surface area contributed by atoms with Crippen LogP contribution in [0.5, 0.6) is 0 Å². The maximum Gasteiger partial charge on any atom is 0.199 e. The van der Waals surface area contributed by atoms with Crippen LogP contribution in [-0.2, 0) is 0 Å². The maximum absolute atomic E-state index is 9.39. The summed E-state index contributed by atoms with van der Waals surface area (Å²) in [6, 6.07) is 33.3. The van der Waals surface area contributed by atoms with Crippen molar-refractivity contribution in [3.8, 4) is 39.8 Å². The van der Waals surface area contributed by atoms with Crippen LogP contribution in [0.3, 0.4) is 0 Å². The number of rotatable bonds is 3. The highest BCUT2D eigenvalue weighted by Gasteiger charge is 2.21. The SMILES string of the molecule is [C-]#[N+]c1ccc(-c2nc3cc([N+]#[C-])c4c(-c5ccc([N+]#[C-])cc5)nc5ccccc5c4c3nc2-c2ccc(C#N)cc2)cc1. The minimum absolute atomic E-state index is 0.393. The Morgan fingerprint density at radius 2 is 1.09 bits per heavy atom. The summed E-state index contributed by atoms with van der Waals surface area (Å²) in [6.45, 7) is 22.9. The van der Waals surface area contributed by atoms with Crippen molar-refractivity contribution in [1.29, 1.82) is 5.26 Å². The quantitative estimate of drug-likeness (QED) is 0.159. The lowest BCUT2D eigenvalue weighted by Gasteiger charge is -2.16. The summed E-state index contributed by atoms with van der Waals surface area (Å²) in [7, 11) is 0. The molecular weight excluding hydrogens is 542 g/mol. The molecule has 7 aromatic rings. The predicted molar refractivity (Wildman–Crippen MR) is 172 cm³/mol. The summed E-state index contributed by atoms with van der Waals surface area (Å²) in [4.78, 5) is 26.3. The Kier molecular flexibility index (Phi) is 6.19. The van der Waals surface area contributed by atoms with Gasteiger partial charge >= 0.3 is 0 Å². The van der Waals surface area contributed by atoms with Gasteiger partial charge in [-0.2, -0.15) is 5.26 Å². The van der Waals surface area contributed by atoms with Gasteiger partial charge in [0, 0.05) is 21.7 Å². The van der Waals surface area contributed by atoms with Gasteiger partial charge in [-0.3, -0.25) is 0 Å². The molecule has 0 atom stereocenters. The van der Waals surface area contributed by atoms with E-state index in [1.807, 2.05) is 60.7 Å². The van der Waals surface area contributed by atoms with Crippen LogP contribution in [0.15, 0.2) is 103 Å². The first-order chi connectivity index (χ1) is 21.6. The molecule has 200 valence electrons. The first-order valence-electron chi connectivity index (χ1n) is 13.5. The molecule has 0 saturated carbocycles. The molecule has 7 rings (SSSR count). The Labute approximate surface area is 252 Å². The third-order valence-electron chi connectivity index (χ3n) is 7.53. The van der Waals surface area contributed by atoms with Gasteiger partial charge < -0.3 is 0 Å². The zero-order valence-electron chi connectivity index (χ0n) is 22.9. The lowest BCUT2D eigenvalue weighted by atomic mass is 9.96. The van der Waals surface area contributed by atoms with E-state index in [2.05, 4.69) is 20.6 Å². The van der Waals surface area contributed by atoms with E-state index >= 15 is 0 Å². The largest absolute Gasteiger partial charge is 0.248 e. The van der Waals surface area contributed by atoms with Crippen LogP contribution in [0.2, 0.25) is 0 Å². The maximum atomic E-state index is 9.39. The minimum Gasteiger partial charge on any atom is -0.248 e. The number of aromatic nitrogens is 3. The van der Waals surface area contributed by atoms with E-state index in [1.54, 1.807) is 42.5 Å². The van der Waals surface area contributed by atoms with Crippen molar-refractivity contribution in [3.63, 3.8) is 0 Å². The van der Waals surface area contributed by atoms with Crippen LogP contribution < -0.4 is 0 Å². The van der Waals surface area contributed by atoms with Crippen LogP contribution in [0.1, 0.15) is 5.56 Å². The summed E-state index contributed by atoms with van der Waals surface area (Å²) in [5, 5.41) is 11.7. The molecular formula is C37H17N7. The van der Waals surface area contributed by atoms with E-state index in [0.717, 1.165) is 33.0 Å². The molecule has 0 N–H and O–H groups in total. The molecule has 44 heavy (non-hydrogen) atoms. The van der Waals surface area contributed by atoms with Crippen LogP contribution >= 0.6 is 0 Å². The van der Waals surface area contributed by atoms with E-state index in [1.165, 1.54) is 0 Å². The van der Waals surface area contributed by atoms with Gasteiger partial charge in [0.25, 0.3) is 0 Å². The Balaban J connectivity index is 1.64. The standard InChI is InChI=1S/C37H17N7/c1-39-26-16-12-23(13-17-26)34-33-30(41-3)20-31-37(32(33)28-6-4-5-7-29(28)42-34)44-36(24-10-8-22(21-38)9-11-24)35(43-31)25-14-18-27(40-2)19-15-25/h4-20H. The number of nitrogens with zero attached hydrogens (tertiary/aromatic N) is 7. The highest BCUT2D eigenvalue weighted by Crippen LogP contribution is 2.43. The number of para-hydroxylation sites is 1. The summed E-state index contributed by atoms with van der Waals surface area (Å²) in [5.41, 5.74) is 8.04. The van der Waals surface area contributed by atoms with Gasteiger partial charge in [0.1, 0.15) is 0 Å². The molecule has 0 unspecified atom stereocenters. The van der Waals surface area contributed by atoms with Gasteiger partial charge in [-0.1, -0.05) is 78.9 Å². The summed E-state index contributed by atoms with van der Waals surface area (Å²) in [5.74, 6) is 0. The number of fused-ring (bicyclic) bond motifs is 5. The lowest BCUT2D eigenvalue weighted by Crippen LogP contribution is -1.98. The molecule has 0 aliphatic heterocycles. The molecule has 7 heteroatoms. The molecule has 0 aliphatic rings. The van der Waals surface area contributed by atoms with E-state index in [4.69, 9.17) is 34.7 Å². The van der Waals surface area contributed by atoms with Gasteiger partial charge in [0.05, 0.1) is 65.0 Å². The molecule has 2 aromatic heterocycles. The third kappa shape index (κ3) is 4.23. The highest BCUT2D eigenvalue weighted by atomic mass is 14.8. The average molecular weight is 560 g/mol. The summed E-state index contributed by atoms with van der Waals surface area (Å²) >= 11 is 0. The number of hydrogen-bond donors (Lipinski definition) is 0. The molecule has 7 nitrogen and oxygen atoms in total. The normalized spacial score (nSPS) is 10.6. The van der Waals surface area contributed by atoms with E-state index in [-0.39, 0.29) is 0 Å². The van der Waals surface area contributed by atoms with Crippen molar-refractivity contribution in [2.75, 3.05) is 0 Å². The molecule has 5 aromatic carbocycles. The fourth-order valence-corrected chi connectivity index (χ4v) is 5.43. The molecule has 0 saturated heterocycles. The fourth-order valence-electron chi connectivity index (χ4n) is 5.43. The van der Waals surface area contributed by atoms with Crippen LogP contribution in [0.4, 0.5) is 17.1 Å². The zero-order chi connectivity index (χ0) is 30.2. The van der Waals surface area contributed by atoms with Gasteiger partial charge in [0.15, 0.2) is 17.1 Å². The van der Waals surface area contributed by atoms with E-state index in [9.17, 15) is 5.26 Å². The third-order valence-corrected chi connectivity index (χ3v) is 7.53. The Hall–Kier alpha value is -6.93. The number of nitriles is 1. The van der Waals surface area contributed by atoms with Crippen molar-refractivity contribution < 1.29 is 0 Å². The van der Waals surface area contributed by atoms with Crippen molar-refractivity contribution in [1.82, 2.24) is 15.0 Å². The smallest absolute Gasteiger partial charge is 0.199 e. The second-order valence-electron chi connectivity index (χ2n) is 10.0. The molecule has 0 bridgehead atoms. The number of benzene rings is 5. The molecule has 0 radical (unpaired) electrons. The van der Waals surface area contributed by atoms with Gasteiger partial charge in [0.2, 0.25) is 0 Å². The number of hydrogen-bond acceptors (Lipinski definition) is 4. The first-order valence-corrected chi connectivity index (χ1v) is 13.5. The van der Waals surface area contributed by atoms with Crippen LogP contribution in [0, 0.1) is 31.0 Å². The van der Waals surface area contributed by atoms with Crippen molar-refractivity contribution in [2.24, 2.45) is 0 Å². The van der Waals surface area contributed by atoms with E-state index < -0.39 is 0 Å². The molecule has 0 aliphatic carbocycles. The van der Waals surface area contributed by atoms with Crippen molar-refractivity contribution in [2.45, 2.75) is 0 Å². The Morgan fingerprint density at radius 3 is 1.68 bits per heavy atom. The monoisotopic (exact) mass is 559 g/mol. The second-order valence-corrected chi connectivity index (χ2v) is 10.0. The van der Waals surface area contributed by atoms with Crippen LogP contribution in [-0.4, -0.2) is 15.0 Å².